The highest BCUT2D eigenvalue weighted by atomic mass is 35.5. The van der Waals surface area contributed by atoms with Crippen molar-refractivity contribution in [2.75, 3.05) is 14.2 Å². The number of carbonyl (C=O) groups is 1. The van der Waals surface area contributed by atoms with Gasteiger partial charge < -0.3 is 14.2 Å². The number of nitrogens with zero attached hydrogens (tertiary/aromatic N) is 2. The summed E-state index contributed by atoms with van der Waals surface area (Å²) in [6.07, 6.45) is 0. The van der Waals surface area contributed by atoms with Gasteiger partial charge in [-0.3, -0.25) is 0 Å². The number of carbonyl (C=O) groups excluding carboxylic acids is 1. The summed E-state index contributed by atoms with van der Waals surface area (Å²) >= 11 is 5.93. The van der Waals surface area contributed by atoms with E-state index in [-0.39, 0.29) is 11.4 Å². The van der Waals surface area contributed by atoms with Gasteiger partial charge in [-0.15, -0.1) is 10.2 Å². The molecule has 0 atom stereocenters. The lowest BCUT2D eigenvalue weighted by molar-refractivity contribution is 0.0722. The van der Waals surface area contributed by atoms with Crippen LogP contribution in [0.5, 0.6) is 17.4 Å². The van der Waals surface area contributed by atoms with Crippen molar-refractivity contribution >= 4 is 17.6 Å². The zero-order chi connectivity index (χ0) is 18.5. The fraction of sp³-hybridized carbons (Fsp3) is 0.105. The monoisotopic (exact) mass is 370 g/mol. The molecular formula is C19H15ClN2O4. The molecule has 0 fully saturated rings. The van der Waals surface area contributed by atoms with E-state index in [0.29, 0.717) is 16.5 Å². The third-order valence-electron chi connectivity index (χ3n) is 3.60. The van der Waals surface area contributed by atoms with E-state index in [4.69, 9.17) is 25.8 Å². The average Bonchev–Trinajstić information content (AvgIpc) is 2.68. The summed E-state index contributed by atoms with van der Waals surface area (Å²) in [5, 5.41) is 8.43. The van der Waals surface area contributed by atoms with Gasteiger partial charge in [0.15, 0.2) is 0 Å². The molecule has 3 rings (SSSR count). The van der Waals surface area contributed by atoms with Crippen molar-refractivity contribution in [3.05, 3.63) is 65.2 Å². The quantitative estimate of drug-likeness (QED) is 0.631. The van der Waals surface area contributed by atoms with Crippen LogP contribution in [0.25, 0.3) is 11.3 Å². The van der Waals surface area contributed by atoms with Crippen LogP contribution < -0.4 is 14.2 Å². The van der Waals surface area contributed by atoms with Crippen LogP contribution in [0.15, 0.2) is 54.6 Å². The molecule has 0 unspecified atom stereocenters. The van der Waals surface area contributed by atoms with Crippen molar-refractivity contribution in [1.29, 1.82) is 0 Å². The highest BCUT2D eigenvalue weighted by Crippen LogP contribution is 2.25. The van der Waals surface area contributed by atoms with Crippen LogP contribution in [-0.2, 0) is 0 Å². The number of methoxy groups -OCH3 is 2. The van der Waals surface area contributed by atoms with E-state index >= 15 is 0 Å². The van der Waals surface area contributed by atoms with E-state index in [9.17, 15) is 4.79 Å². The molecule has 0 amide bonds. The maximum Gasteiger partial charge on any atom is 0.348 e. The van der Waals surface area contributed by atoms with Crippen LogP contribution in [-0.4, -0.2) is 30.4 Å². The lowest BCUT2D eigenvalue weighted by Gasteiger charge is -2.08. The van der Waals surface area contributed by atoms with Crippen LogP contribution in [0.2, 0.25) is 5.02 Å². The summed E-state index contributed by atoms with van der Waals surface area (Å²) < 4.78 is 15.5. The van der Waals surface area contributed by atoms with E-state index < -0.39 is 5.97 Å². The molecule has 1 aromatic heterocycles. The maximum absolute atomic E-state index is 12.3. The topological polar surface area (TPSA) is 70.5 Å². The molecule has 3 aromatic rings. The lowest BCUT2D eigenvalue weighted by Crippen LogP contribution is -2.11. The first-order valence-corrected chi connectivity index (χ1v) is 8.02. The van der Waals surface area contributed by atoms with Crippen molar-refractivity contribution in [2.24, 2.45) is 0 Å². The van der Waals surface area contributed by atoms with Gasteiger partial charge in [-0.1, -0.05) is 11.6 Å². The zero-order valence-corrected chi connectivity index (χ0v) is 14.9. The summed E-state index contributed by atoms with van der Waals surface area (Å²) in [6.45, 7) is 0. The lowest BCUT2D eigenvalue weighted by atomic mass is 10.1. The van der Waals surface area contributed by atoms with Crippen molar-refractivity contribution in [3.8, 4) is 28.6 Å². The van der Waals surface area contributed by atoms with Crippen molar-refractivity contribution in [3.63, 3.8) is 0 Å². The van der Waals surface area contributed by atoms with Crippen LogP contribution in [0.3, 0.4) is 0 Å². The van der Waals surface area contributed by atoms with Crippen molar-refractivity contribution < 1.29 is 19.0 Å². The first-order chi connectivity index (χ1) is 12.6. The Hall–Kier alpha value is -3.12. The predicted molar refractivity (Wildman–Crippen MR) is 97.0 cm³/mol. The highest BCUT2D eigenvalue weighted by molar-refractivity contribution is 6.31. The molecule has 0 radical (unpaired) electrons. The van der Waals surface area contributed by atoms with Gasteiger partial charge in [0.1, 0.15) is 17.1 Å². The summed E-state index contributed by atoms with van der Waals surface area (Å²) in [4.78, 5) is 12.3. The minimum atomic E-state index is -0.629. The third-order valence-corrected chi connectivity index (χ3v) is 3.84. The Morgan fingerprint density at radius 1 is 0.923 bits per heavy atom. The number of rotatable bonds is 5. The number of aromatic nitrogens is 2. The summed E-state index contributed by atoms with van der Waals surface area (Å²) in [7, 11) is 3.07. The Morgan fingerprint density at radius 3 is 2.31 bits per heavy atom. The number of hydrogen-bond acceptors (Lipinski definition) is 6. The largest absolute Gasteiger partial charge is 0.497 e. The predicted octanol–water partition coefficient (Wildman–Crippen LogP) is 4.03. The Kier molecular flexibility index (Phi) is 5.34. The molecule has 7 heteroatoms. The van der Waals surface area contributed by atoms with Crippen LogP contribution in [0, 0.1) is 0 Å². The molecule has 0 aliphatic carbocycles. The standard InChI is InChI=1S/C19H15ClN2O4/c1-24-14-6-3-12(4-7-14)16-8-10-18(22-21-16)26-19(23)15-11-13(20)5-9-17(15)25-2/h3-11H,1-2H3. The second kappa shape index (κ2) is 7.84. The third kappa shape index (κ3) is 3.92. The Bertz CT molecular complexity index is 912. The number of ether oxygens (including phenoxy) is 3. The number of halogens is 1. The molecule has 0 N–H and O–H groups in total. The molecule has 26 heavy (non-hydrogen) atoms. The molecule has 0 bridgehead atoms. The van der Waals surface area contributed by atoms with Gasteiger partial charge in [0.05, 0.1) is 19.9 Å². The van der Waals surface area contributed by atoms with Crippen molar-refractivity contribution in [1.82, 2.24) is 10.2 Å². The van der Waals surface area contributed by atoms with E-state index in [1.165, 1.54) is 13.2 Å². The first kappa shape index (κ1) is 17.7. The van der Waals surface area contributed by atoms with E-state index in [0.717, 1.165) is 11.3 Å². The van der Waals surface area contributed by atoms with Crippen LogP contribution in [0.1, 0.15) is 10.4 Å². The van der Waals surface area contributed by atoms with E-state index in [2.05, 4.69) is 10.2 Å². The minimum absolute atomic E-state index is 0.0780. The van der Waals surface area contributed by atoms with E-state index in [1.54, 1.807) is 31.4 Å². The van der Waals surface area contributed by atoms with Gasteiger partial charge in [-0.05, 0) is 48.5 Å². The summed E-state index contributed by atoms with van der Waals surface area (Å²) in [5.41, 5.74) is 1.72. The van der Waals surface area contributed by atoms with Gasteiger partial charge >= 0.3 is 5.97 Å². The minimum Gasteiger partial charge on any atom is -0.497 e. The van der Waals surface area contributed by atoms with E-state index in [1.807, 2.05) is 24.3 Å². The molecule has 0 spiro atoms. The Labute approximate surface area is 155 Å². The molecule has 1 heterocycles. The SMILES string of the molecule is COc1ccc(-c2ccc(OC(=O)c3cc(Cl)ccc3OC)nn2)cc1. The fourth-order valence-corrected chi connectivity index (χ4v) is 2.45. The zero-order valence-electron chi connectivity index (χ0n) is 14.1. The molecule has 6 nitrogen and oxygen atoms in total. The number of hydrogen-bond donors (Lipinski definition) is 0. The molecule has 0 aliphatic rings. The smallest absolute Gasteiger partial charge is 0.348 e. The van der Waals surface area contributed by atoms with Gasteiger partial charge in [0, 0.05) is 16.7 Å². The van der Waals surface area contributed by atoms with Crippen LogP contribution in [0.4, 0.5) is 0 Å². The van der Waals surface area contributed by atoms with Gasteiger partial charge in [0.2, 0.25) is 5.88 Å². The second-order valence-corrected chi connectivity index (χ2v) is 5.66. The van der Waals surface area contributed by atoms with Gasteiger partial charge in [0.25, 0.3) is 0 Å². The molecule has 0 aliphatic heterocycles. The molecule has 132 valence electrons. The number of esters is 1. The normalized spacial score (nSPS) is 10.3. The van der Waals surface area contributed by atoms with Crippen molar-refractivity contribution in [2.45, 2.75) is 0 Å². The Balaban J connectivity index is 1.76. The summed E-state index contributed by atoms with van der Waals surface area (Å²) in [5.74, 6) is 0.565. The van der Waals surface area contributed by atoms with Gasteiger partial charge in [-0.25, -0.2) is 4.79 Å². The molecular weight excluding hydrogens is 356 g/mol. The fourth-order valence-electron chi connectivity index (χ4n) is 2.28. The Morgan fingerprint density at radius 2 is 1.69 bits per heavy atom. The maximum atomic E-state index is 12.3. The second-order valence-electron chi connectivity index (χ2n) is 5.22. The highest BCUT2D eigenvalue weighted by Gasteiger charge is 2.16. The first-order valence-electron chi connectivity index (χ1n) is 7.64. The molecule has 0 saturated carbocycles. The average molecular weight is 371 g/mol. The van der Waals surface area contributed by atoms with Gasteiger partial charge in [-0.2, -0.15) is 0 Å². The molecule has 0 saturated heterocycles. The van der Waals surface area contributed by atoms with Crippen LogP contribution >= 0.6 is 11.6 Å². The molecule has 2 aromatic carbocycles. The summed E-state index contributed by atoms with van der Waals surface area (Å²) in [6, 6.07) is 15.4. The number of benzene rings is 2.